The molecule has 2 aromatic rings. The molecule has 0 saturated carbocycles. The minimum absolute atomic E-state index is 0.119. The van der Waals surface area contributed by atoms with Crippen LogP contribution >= 0.6 is 0 Å². The molecule has 1 aliphatic rings. The second kappa shape index (κ2) is 9.23. The molecule has 3 rings (SSSR count). The number of nitrogens with zero attached hydrogens (tertiary/aromatic N) is 1. The molecule has 4 heteroatoms. The lowest BCUT2D eigenvalue weighted by molar-refractivity contribution is -0.121. The molecular formula is C21H26N2O2. The molecule has 1 saturated heterocycles. The summed E-state index contributed by atoms with van der Waals surface area (Å²) < 4.78 is 5.38. The first-order valence-corrected chi connectivity index (χ1v) is 9.03. The van der Waals surface area contributed by atoms with Crippen LogP contribution in [0.25, 0.3) is 0 Å². The molecule has 1 N–H and O–H groups in total. The van der Waals surface area contributed by atoms with Gasteiger partial charge in [-0.1, -0.05) is 42.5 Å². The van der Waals surface area contributed by atoms with E-state index in [1.807, 2.05) is 18.2 Å². The van der Waals surface area contributed by atoms with Gasteiger partial charge < -0.3 is 15.0 Å². The second-order valence-corrected chi connectivity index (χ2v) is 6.35. The number of amides is 1. The normalized spacial score (nSPS) is 14.3. The van der Waals surface area contributed by atoms with Crippen molar-refractivity contribution in [3.63, 3.8) is 0 Å². The molecule has 2 aromatic carbocycles. The fourth-order valence-electron chi connectivity index (χ4n) is 3.03. The van der Waals surface area contributed by atoms with E-state index in [0.717, 1.165) is 39.1 Å². The van der Waals surface area contributed by atoms with Crippen LogP contribution in [0.1, 0.15) is 17.5 Å². The van der Waals surface area contributed by atoms with Gasteiger partial charge in [-0.05, 0) is 36.1 Å². The minimum atomic E-state index is 0.119. The molecule has 25 heavy (non-hydrogen) atoms. The van der Waals surface area contributed by atoms with E-state index in [-0.39, 0.29) is 5.91 Å². The summed E-state index contributed by atoms with van der Waals surface area (Å²) in [5.74, 6) is 0.119. The summed E-state index contributed by atoms with van der Waals surface area (Å²) >= 11 is 0. The highest BCUT2D eigenvalue weighted by Gasteiger charge is 2.11. The monoisotopic (exact) mass is 338 g/mol. The van der Waals surface area contributed by atoms with Gasteiger partial charge in [0.1, 0.15) is 0 Å². The molecule has 4 nitrogen and oxygen atoms in total. The predicted octanol–water partition coefficient (Wildman–Crippen LogP) is 2.81. The topological polar surface area (TPSA) is 41.6 Å². The van der Waals surface area contributed by atoms with Crippen molar-refractivity contribution in [2.75, 3.05) is 37.7 Å². The first-order valence-electron chi connectivity index (χ1n) is 9.03. The molecular weight excluding hydrogens is 312 g/mol. The average Bonchev–Trinajstić information content (AvgIpc) is 2.68. The van der Waals surface area contributed by atoms with E-state index in [1.165, 1.54) is 16.8 Å². The van der Waals surface area contributed by atoms with Gasteiger partial charge in [0.05, 0.1) is 13.2 Å². The summed E-state index contributed by atoms with van der Waals surface area (Å²) in [6.07, 6.45) is 2.19. The van der Waals surface area contributed by atoms with Gasteiger partial charge >= 0.3 is 0 Å². The van der Waals surface area contributed by atoms with Gasteiger partial charge in [0.25, 0.3) is 0 Å². The van der Waals surface area contributed by atoms with Crippen molar-refractivity contribution in [3.05, 3.63) is 65.7 Å². The van der Waals surface area contributed by atoms with Crippen LogP contribution in [0.15, 0.2) is 54.6 Å². The minimum Gasteiger partial charge on any atom is -0.378 e. The lowest BCUT2D eigenvalue weighted by Gasteiger charge is -2.28. The predicted molar refractivity (Wildman–Crippen MR) is 101 cm³/mol. The highest BCUT2D eigenvalue weighted by molar-refractivity contribution is 5.76. The average molecular weight is 338 g/mol. The van der Waals surface area contributed by atoms with Gasteiger partial charge in [-0.2, -0.15) is 0 Å². The molecule has 0 unspecified atom stereocenters. The summed E-state index contributed by atoms with van der Waals surface area (Å²) in [6, 6.07) is 18.8. The maximum atomic E-state index is 12.0. The molecule has 0 atom stereocenters. The van der Waals surface area contributed by atoms with Gasteiger partial charge in [0, 0.05) is 31.7 Å². The molecule has 1 amide bonds. The number of ether oxygens (including phenoxy) is 1. The van der Waals surface area contributed by atoms with E-state index in [2.05, 4.69) is 46.6 Å². The van der Waals surface area contributed by atoms with Gasteiger partial charge in [-0.25, -0.2) is 0 Å². The van der Waals surface area contributed by atoms with Crippen molar-refractivity contribution >= 4 is 11.6 Å². The number of morpholine rings is 1. The molecule has 0 aliphatic carbocycles. The Morgan fingerprint density at radius 1 is 0.920 bits per heavy atom. The molecule has 0 aromatic heterocycles. The number of carbonyl (C=O) groups excluding carboxylic acids is 1. The van der Waals surface area contributed by atoms with Crippen molar-refractivity contribution < 1.29 is 9.53 Å². The zero-order valence-corrected chi connectivity index (χ0v) is 14.6. The van der Waals surface area contributed by atoms with Gasteiger partial charge in [-0.3, -0.25) is 4.79 Å². The second-order valence-electron chi connectivity index (χ2n) is 6.35. The van der Waals surface area contributed by atoms with Crippen LogP contribution in [-0.2, 0) is 22.4 Å². The van der Waals surface area contributed by atoms with Crippen LogP contribution in [0.4, 0.5) is 5.69 Å². The SMILES string of the molecule is O=C(CCc1ccc(N2CCOCC2)cc1)NCCc1ccccc1. The van der Waals surface area contributed by atoms with Crippen molar-refractivity contribution in [3.8, 4) is 0 Å². The largest absolute Gasteiger partial charge is 0.378 e. The summed E-state index contributed by atoms with van der Waals surface area (Å²) in [5, 5.41) is 3.00. The Morgan fingerprint density at radius 3 is 2.32 bits per heavy atom. The van der Waals surface area contributed by atoms with Gasteiger partial charge in [0.15, 0.2) is 0 Å². The number of aryl methyl sites for hydroxylation is 1. The van der Waals surface area contributed by atoms with Crippen molar-refractivity contribution in [2.24, 2.45) is 0 Å². The highest BCUT2D eigenvalue weighted by atomic mass is 16.5. The summed E-state index contributed by atoms with van der Waals surface area (Å²) in [4.78, 5) is 14.3. The summed E-state index contributed by atoms with van der Waals surface area (Å²) in [5.41, 5.74) is 3.69. The number of hydrogen-bond donors (Lipinski definition) is 1. The maximum absolute atomic E-state index is 12.0. The Kier molecular flexibility index (Phi) is 6.46. The Morgan fingerprint density at radius 2 is 1.60 bits per heavy atom. The molecule has 1 aliphatic heterocycles. The van der Waals surface area contributed by atoms with E-state index >= 15 is 0 Å². The lowest BCUT2D eigenvalue weighted by atomic mass is 10.1. The van der Waals surface area contributed by atoms with E-state index in [9.17, 15) is 4.79 Å². The van der Waals surface area contributed by atoms with Gasteiger partial charge in [0.2, 0.25) is 5.91 Å². The fraction of sp³-hybridized carbons (Fsp3) is 0.381. The molecule has 0 radical (unpaired) electrons. The quantitative estimate of drug-likeness (QED) is 0.844. The number of anilines is 1. The standard InChI is InChI=1S/C21H26N2O2/c24-21(22-13-12-18-4-2-1-3-5-18)11-8-19-6-9-20(10-7-19)23-14-16-25-17-15-23/h1-7,9-10H,8,11-17H2,(H,22,24). The lowest BCUT2D eigenvalue weighted by Crippen LogP contribution is -2.36. The zero-order valence-electron chi connectivity index (χ0n) is 14.6. The Hall–Kier alpha value is -2.33. The molecule has 1 heterocycles. The first kappa shape index (κ1) is 17.5. The van der Waals surface area contributed by atoms with Crippen LogP contribution in [0.5, 0.6) is 0 Å². The third-order valence-corrected chi connectivity index (χ3v) is 4.53. The Labute approximate surface area is 149 Å². The number of rotatable bonds is 7. The Balaban J connectivity index is 1.38. The Bertz CT molecular complexity index is 649. The van der Waals surface area contributed by atoms with E-state index in [4.69, 9.17) is 4.74 Å². The van der Waals surface area contributed by atoms with Crippen LogP contribution < -0.4 is 10.2 Å². The molecule has 0 spiro atoms. The number of hydrogen-bond acceptors (Lipinski definition) is 3. The van der Waals surface area contributed by atoms with Crippen molar-refractivity contribution in [1.29, 1.82) is 0 Å². The van der Waals surface area contributed by atoms with E-state index in [0.29, 0.717) is 13.0 Å². The van der Waals surface area contributed by atoms with Crippen LogP contribution in [0.3, 0.4) is 0 Å². The van der Waals surface area contributed by atoms with Gasteiger partial charge in [-0.15, -0.1) is 0 Å². The number of carbonyl (C=O) groups is 1. The number of nitrogens with one attached hydrogen (secondary N) is 1. The third kappa shape index (κ3) is 5.61. The first-order chi connectivity index (χ1) is 12.3. The highest BCUT2D eigenvalue weighted by Crippen LogP contribution is 2.17. The van der Waals surface area contributed by atoms with Crippen molar-refractivity contribution in [1.82, 2.24) is 5.32 Å². The number of benzene rings is 2. The zero-order chi connectivity index (χ0) is 17.3. The van der Waals surface area contributed by atoms with E-state index in [1.54, 1.807) is 0 Å². The fourth-order valence-corrected chi connectivity index (χ4v) is 3.03. The van der Waals surface area contributed by atoms with Crippen LogP contribution in [0.2, 0.25) is 0 Å². The van der Waals surface area contributed by atoms with Crippen LogP contribution in [-0.4, -0.2) is 38.8 Å². The molecule has 132 valence electrons. The smallest absolute Gasteiger partial charge is 0.220 e. The third-order valence-electron chi connectivity index (χ3n) is 4.53. The summed E-state index contributed by atoms with van der Waals surface area (Å²) in [7, 11) is 0. The summed E-state index contributed by atoms with van der Waals surface area (Å²) in [6.45, 7) is 4.18. The van der Waals surface area contributed by atoms with Crippen molar-refractivity contribution in [2.45, 2.75) is 19.3 Å². The van der Waals surface area contributed by atoms with E-state index < -0.39 is 0 Å². The van der Waals surface area contributed by atoms with Crippen LogP contribution in [0, 0.1) is 0 Å². The molecule has 1 fully saturated rings. The maximum Gasteiger partial charge on any atom is 0.220 e. The molecule has 0 bridgehead atoms.